The lowest BCUT2D eigenvalue weighted by Gasteiger charge is -2.21. The van der Waals surface area contributed by atoms with Gasteiger partial charge in [0.05, 0.1) is 26.4 Å². The van der Waals surface area contributed by atoms with Gasteiger partial charge in [0.1, 0.15) is 19.3 Å². The van der Waals surface area contributed by atoms with Gasteiger partial charge in [-0.1, -0.05) is 357 Å². The standard InChI is InChI=1S/C79H154O17P2/c1-8-9-10-11-12-39-46-53-60-76(81)89-66-74(95-79(84)63-56-49-42-35-29-23-26-32-38-45-52-59-72(6)7)68-93-97(85,86)91-64-73(80)65-92-98(87,88)94-69-75(96-78(83)62-55-48-41-34-28-22-18-14-16-20-25-31-37-44-51-58-71(4)5)67-90-77(82)61-54-47-40-33-27-21-17-13-15-19-24-30-36-43-50-57-70(2)3/h70-75,80H,8-69H2,1-7H3,(H,85,86)(H,87,88)/t73-,74+,75+/m0/s1. The van der Waals surface area contributed by atoms with Crippen molar-refractivity contribution in [2.45, 2.75) is 426 Å². The maximum absolute atomic E-state index is 13.1. The Morgan fingerprint density at radius 2 is 0.469 bits per heavy atom. The normalized spacial score (nSPS) is 14.0. The monoisotopic (exact) mass is 1440 g/mol. The fourth-order valence-electron chi connectivity index (χ4n) is 12.1. The van der Waals surface area contributed by atoms with Gasteiger partial charge in [-0.25, -0.2) is 9.13 Å². The highest BCUT2D eigenvalue weighted by Gasteiger charge is 2.30. The van der Waals surface area contributed by atoms with Crippen molar-refractivity contribution in [2.75, 3.05) is 39.6 Å². The molecule has 0 aliphatic heterocycles. The summed E-state index contributed by atoms with van der Waals surface area (Å²) in [6.45, 7) is 12.0. The number of ether oxygens (including phenoxy) is 4. The lowest BCUT2D eigenvalue weighted by molar-refractivity contribution is -0.161. The second-order valence-corrected chi connectivity index (χ2v) is 32.8. The van der Waals surface area contributed by atoms with Gasteiger partial charge in [-0.2, -0.15) is 0 Å². The van der Waals surface area contributed by atoms with Crippen molar-refractivity contribution in [3.63, 3.8) is 0 Å². The van der Waals surface area contributed by atoms with Crippen LogP contribution < -0.4 is 0 Å². The smallest absolute Gasteiger partial charge is 0.462 e. The number of hydrogen-bond donors (Lipinski definition) is 3. The Hall–Kier alpha value is -1.94. The van der Waals surface area contributed by atoms with Crippen LogP contribution in [0.5, 0.6) is 0 Å². The van der Waals surface area contributed by atoms with Crippen LogP contribution in [0.2, 0.25) is 0 Å². The Labute approximate surface area is 600 Å². The zero-order valence-electron chi connectivity index (χ0n) is 64.3. The van der Waals surface area contributed by atoms with Crippen LogP contribution in [0.25, 0.3) is 0 Å². The number of phosphoric acid groups is 2. The third-order valence-corrected chi connectivity index (χ3v) is 20.3. The summed E-state index contributed by atoms with van der Waals surface area (Å²) in [4.78, 5) is 72.9. The summed E-state index contributed by atoms with van der Waals surface area (Å²) in [5.41, 5.74) is 0. The van der Waals surface area contributed by atoms with Gasteiger partial charge in [0, 0.05) is 25.7 Å². The molecule has 0 heterocycles. The van der Waals surface area contributed by atoms with E-state index in [0.29, 0.717) is 25.7 Å². The Bertz CT molecular complexity index is 1900. The molecule has 0 spiro atoms. The maximum Gasteiger partial charge on any atom is 0.472 e. The van der Waals surface area contributed by atoms with E-state index in [9.17, 15) is 43.2 Å². The molecule has 582 valence electrons. The van der Waals surface area contributed by atoms with Crippen LogP contribution in [0, 0.1) is 17.8 Å². The minimum Gasteiger partial charge on any atom is -0.462 e. The van der Waals surface area contributed by atoms with Crippen molar-refractivity contribution in [2.24, 2.45) is 17.8 Å². The number of unbranched alkanes of at least 4 members (excludes halogenated alkanes) is 45. The second kappa shape index (κ2) is 69.4. The second-order valence-electron chi connectivity index (χ2n) is 29.9. The summed E-state index contributed by atoms with van der Waals surface area (Å²) >= 11 is 0. The number of carbonyl (C=O) groups is 4. The van der Waals surface area contributed by atoms with Crippen molar-refractivity contribution in [3.05, 3.63) is 0 Å². The molecule has 0 fully saturated rings. The average Bonchev–Trinajstić information content (AvgIpc) is 1.08. The van der Waals surface area contributed by atoms with Gasteiger partial charge in [-0.15, -0.1) is 0 Å². The Kier molecular flexibility index (Phi) is 68.1. The third kappa shape index (κ3) is 72.4. The molecular weight excluding hydrogens is 1280 g/mol. The number of hydrogen-bond acceptors (Lipinski definition) is 15. The van der Waals surface area contributed by atoms with Gasteiger partial charge in [0.15, 0.2) is 12.2 Å². The summed E-state index contributed by atoms with van der Waals surface area (Å²) in [5, 5.41) is 10.6. The van der Waals surface area contributed by atoms with E-state index >= 15 is 0 Å². The van der Waals surface area contributed by atoms with E-state index in [1.165, 1.54) is 212 Å². The Morgan fingerprint density at radius 3 is 0.694 bits per heavy atom. The van der Waals surface area contributed by atoms with Crippen molar-refractivity contribution < 1.29 is 80.2 Å². The summed E-state index contributed by atoms with van der Waals surface area (Å²) in [7, 11) is -9.91. The van der Waals surface area contributed by atoms with Gasteiger partial charge < -0.3 is 33.8 Å². The molecule has 19 heteroatoms. The fraction of sp³-hybridized carbons (Fsp3) is 0.949. The van der Waals surface area contributed by atoms with Crippen molar-refractivity contribution in [3.8, 4) is 0 Å². The van der Waals surface area contributed by atoms with Crippen LogP contribution in [0.4, 0.5) is 0 Å². The summed E-state index contributed by atoms with van der Waals surface area (Å²) in [6, 6.07) is 0. The van der Waals surface area contributed by atoms with E-state index in [-0.39, 0.29) is 25.7 Å². The molecule has 2 unspecified atom stereocenters. The summed E-state index contributed by atoms with van der Waals surface area (Å²) in [6.07, 6.45) is 56.9. The molecule has 98 heavy (non-hydrogen) atoms. The highest BCUT2D eigenvalue weighted by atomic mass is 31.2. The van der Waals surface area contributed by atoms with Crippen molar-refractivity contribution in [1.82, 2.24) is 0 Å². The quantitative estimate of drug-likeness (QED) is 0.0222. The number of aliphatic hydroxyl groups excluding tert-OH is 1. The van der Waals surface area contributed by atoms with Gasteiger partial charge in [0.25, 0.3) is 0 Å². The molecule has 0 amide bonds. The van der Waals surface area contributed by atoms with E-state index in [4.69, 9.17) is 37.0 Å². The van der Waals surface area contributed by atoms with E-state index in [2.05, 4.69) is 48.5 Å². The summed E-state index contributed by atoms with van der Waals surface area (Å²) in [5.74, 6) is 0.259. The largest absolute Gasteiger partial charge is 0.472 e. The first-order valence-electron chi connectivity index (χ1n) is 40.8. The first-order chi connectivity index (χ1) is 47.2. The van der Waals surface area contributed by atoms with Crippen LogP contribution >= 0.6 is 15.6 Å². The number of esters is 4. The first kappa shape index (κ1) is 96.1. The van der Waals surface area contributed by atoms with Crippen LogP contribution in [-0.2, 0) is 65.4 Å². The predicted octanol–water partition coefficient (Wildman–Crippen LogP) is 23.4. The van der Waals surface area contributed by atoms with Gasteiger partial charge >= 0.3 is 39.5 Å². The zero-order valence-corrected chi connectivity index (χ0v) is 66.0. The van der Waals surface area contributed by atoms with Crippen LogP contribution in [0.15, 0.2) is 0 Å². The lowest BCUT2D eigenvalue weighted by Crippen LogP contribution is -2.30. The lowest BCUT2D eigenvalue weighted by atomic mass is 10.0. The highest BCUT2D eigenvalue weighted by Crippen LogP contribution is 2.45. The fourth-order valence-corrected chi connectivity index (χ4v) is 13.7. The van der Waals surface area contributed by atoms with Crippen LogP contribution in [0.3, 0.4) is 0 Å². The number of carbonyl (C=O) groups excluding carboxylic acids is 4. The van der Waals surface area contributed by atoms with E-state index in [0.717, 1.165) is 114 Å². The van der Waals surface area contributed by atoms with Crippen LogP contribution in [0.1, 0.15) is 408 Å². The van der Waals surface area contributed by atoms with E-state index in [1.807, 2.05) is 0 Å². The summed E-state index contributed by atoms with van der Waals surface area (Å²) < 4.78 is 68.6. The molecule has 5 atom stereocenters. The minimum absolute atomic E-state index is 0.106. The molecule has 0 aromatic carbocycles. The average molecular weight is 1440 g/mol. The molecule has 0 aromatic rings. The van der Waals surface area contributed by atoms with E-state index in [1.54, 1.807) is 0 Å². The molecule has 3 N–H and O–H groups in total. The van der Waals surface area contributed by atoms with Gasteiger partial charge in [-0.3, -0.25) is 37.3 Å². The first-order valence-corrected chi connectivity index (χ1v) is 43.8. The van der Waals surface area contributed by atoms with Gasteiger partial charge in [0.2, 0.25) is 0 Å². The highest BCUT2D eigenvalue weighted by molar-refractivity contribution is 7.47. The van der Waals surface area contributed by atoms with Crippen molar-refractivity contribution >= 4 is 39.5 Å². The Morgan fingerprint density at radius 1 is 0.276 bits per heavy atom. The van der Waals surface area contributed by atoms with Gasteiger partial charge in [-0.05, 0) is 43.4 Å². The number of rotatable bonds is 77. The predicted molar refractivity (Wildman–Crippen MR) is 400 cm³/mol. The van der Waals surface area contributed by atoms with Crippen LogP contribution in [-0.4, -0.2) is 96.7 Å². The third-order valence-electron chi connectivity index (χ3n) is 18.4. The van der Waals surface area contributed by atoms with Crippen molar-refractivity contribution in [1.29, 1.82) is 0 Å². The molecule has 0 saturated carbocycles. The SMILES string of the molecule is CCCCCCCCCCC(=O)OC[C@H](COP(=O)(O)OC[C@H](O)COP(=O)(O)OC[C@@H](COC(=O)CCCCCCCCCCCCCCCCCC(C)C)OC(=O)CCCCCCCCCCCCCCCCCC(C)C)OC(=O)CCCCCCCCCCCCCC(C)C. The number of phosphoric ester groups is 2. The molecule has 0 saturated heterocycles. The molecule has 0 aromatic heterocycles. The van der Waals surface area contributed by atoms with E-state index < -0.39 is 97.5 Å². The molecule has 0 aliphatic rings. The molecule has 0 aliphatic carbocycles. The topological polar surface area (TPSA) is 237 Å². The zero-order chi connectivity index (χ0) is 72.3. The molecule has 0 radical (unpaired) electrons. The number of aliphatic hydroxyl groups is 1. The molecule has 17 nitrogen and oxygen atoms in total. The maximum atomic E-state index is 13.1. The molecule has 0 bridgehead atoms. The minimum atomic E-state index is -4.96. The Balaban J connectivity index is 5.21. The molecular formula is C79H154O17P2. The molecule has 0 rings (SSSR count).